The molecule has 0 spiro atoms. The van der Waals surface area contributed by atoms with Gasteiger partial charge in [0, 0.05) is 32.2 Å². The average Bonchev–Trinajstić information content (AvgIpc) is 2.65. The molecule has 2 heterocycles. The summed E-state index contributed by atoms with van der Waals surface area (Å²) in [6.45, 7) is 3.54. The van der Waals surface area contributed by atoms with Crippen molar-refractivity contribution in [1.82, 2.24) is 10.2 Å². The third kappa shape index (κ3) is 2.05. The summed E-state index contributed by atoms with van der Waals surface area (Å²) in [4.78, 5) is 13.7. The summed E-state index contributed by atoms with van der Waals surface area (Å²) in [7, 11) is 0. The van der Waals surface area contributed by atoms with Gasteiger partial charge in [-0.05, 0) is 6.42 Å². The fraction of sp³-hybridized carbons (Fsp3) is 0.889. The maximum absolute atomic E-state index is 11.9. The van der Waals surface area contributed by atoms with Crippen molar-refractivity contribution in [2.24, 2.45) is 5.73 Å². The summed E-state index contributed by atoms with van der Waals surface area (Å²) < 4.78 is 5.39. The average molecular weight is 199 g/mol. The lowest BCUT2D eigenvalue weighted by atomic mass is 10.2. The predicted octanol–water partition coefficient (Wildman–Crippen LogP) is -1.47. The van der Waals surface area contributed by atoms with Gasteiger partial charge < -0.3 is 20.7 Å². The molecule has 80 valence electrons. The van der Waals surface area contributed by atoms with Crippen molar-refractivity contribution in [2.75, 3.05) is 32.8 Å². The summed E-state index contributed by atoms with van der Waals surface area (Å²) in [5, 5.41) is 3.15. The van der Waals surface area contributed by atoms with Crippen LogP contribution in [0.15, 0.2) is 0 Å². The smallest absolute Gasteiger partial charge is 0.253 e. The van der Waals surface area contributed by atoms with E-state index in [1.165, 1.54) is 0 Å². The molecule has 2 aliphatic rings. The Morgan fingerprint density at radius 3 is 3.00 bits per heavy atom. The van der Waals surface area contributed by atoms with Crippen molar-refractivity contribution in [2.45, 2.75) is 18.6 Å². The van der Waals surface area contributed by atoms with E-state index in [-0.39, 0.29) is 18.1 Å². The van der Waals surface area contributed by atoms with E-state index in [4.69, 9.17) is 10.5 Å². The standard InChI is InChI=1S/C9H17N3O2/c10-7-1-3-12(6-7)9(13)8-5-11-2-4-14-8/h7-8,11H,1-6,10H2/t7?,8-/m0/s1. The van der Waals surface area contributed by atoms with Crippen LogP contribution in [-0.4, -0.2) is 55.7 Å². The second-order valence-electron chi connectivity index (χ2n) is 3.90. The molecular formula is C9H17N3O2. The molecule has 0 aliphatic carbocycles. The van der Waals surface area contributed by atoms with E-state index in [0.29, 0.717) is 19.7 Å². The summed E-state index contributed by atoms with van der Waals surface area (Å²) >= 11 is 0. The van der Waals surface area contributed by atoms with Crippen molar-refractivity contribution >= 4 is 5.91 Å². The molecule has 3 N–H and O–H groups in total. The highest BCUT2D eigenvalue weighted by atomic mass is 16.5. The van der Waals surface area contributed by atoms with Crippen molar-refractivity contribution in [3.05, 3.63) is 0 Å². The first-order chi connectivity index (χ1) is 6.77. The second kappa shape index (κ2) is 4.25. The Labute approximate surface area is 83.6 Å². The van der Waals surface area contributed by atoms with Crippen molar-refractivity contribution in [3.8, 4) is 0 Å². The second-order valence-corrected chi connectivity index (χ2v) is 3.90. The van der Waals surface area contributed by atoms with Gasteiger partial charge in [0.25, 0.3) is 5.91 Å². The largest absolute Gasteiger partial charge is 0.366 e. The van der Waals surface area contributed by atoms with E-state index in [0.717, 1.165) is 19.5 Å². The fourth-order valence-corrected chi connectivity index (χ4v) is 1.92. The van der Waals surface area contributed by atoms with Gasteiger partial charge in [-0.25, -0.2) is 0 Å². The van der Waals surface area contributed by atoms with Crippen LogP contribution >= 0.6 is 0 Å². The number of nitrogens with one attached hydrogen (secondary N) is 1. The van der Waals surface area contributed by atoms with Gasteiger partial charge >= 0.3 is 0 Å². The Balaban J connectivity index is 1.87. The molecule has 5 nitrogen and oxygen atoms in total. The normalized spacial score (nSPS) is 33.4. The van der Waals surface area contributed by atoms with E-state index in [9.17, 15) is 4.79 Å². The zero-order valence-corrected chi connectivity index (χ0v) is 8.24. The van der Waals surface area contributed by atoms with Crippen molar-refractivity contribution in [3.63, 3.8) is 0 Å². The van der Waals surface area contributed by atoms with E-state index in [1.54, 1.807) is 0 Å². The third-order valence-corrected chi connectivity index (χ3v) is 2.74. The van der Waals surface area contributed by atoms with Gasteiger partial charge in [-0.2, -0.15) is 0 Å². The maximum atomic E-state index is 11.9. The van der Waals surface area contributed by atoms with Gasteiger partial charge in [0.15, 0.2) is 0 Å². The van der Waals surface area contributed by atoms with Crippen molar-refractivity contribution < 1.29 is 9.53 Å². The molecule has 0 aromatic rings. The number of carbonyl (C=O) groups is 1. The van der Waals surface area contributed by atoms with Crippen LogP contribution in [0.1, 0.15) is 6.42 Å². The molecule has 0 aromatic carbocycles. The molecule has 1 unspecified atom stereocenters. The zero-order valence-electron chi connectivity index (χ0n) is 8.24. The molecule has 0 saturated carbocycles. The van der Waals surface area contributed by atoms with Crippen LogP contribution < -0.4 is 11.1 Å². The molecule has 14 heavy (non-hydrogen) atoms. The molecule has 1 amide bonds. The summed E-state index contributed by atoms with van der Waals surface area (Å²) in [5.41, 5.74) is 5.74. The number of likely N-dealkylation sites (tertiary alicyclic amines) is 1. The Hall–Kier alpha value is -0.650. The SMILES string of the molecule is NC1CCN(C(=O)[C@@H]2CNCCO2)C1. The predicted molar refractivity (Wildman–Crippen MR) is 51.8 cm³/mol. The minimum absolute atomic E-state index is 0.0881. The van der Waals surface area contributed by atoms with Gasteiger partial charge in [-0.15, -0.1) is 0 Å². The molecule has 2 rings (SSSR count). The summed E-state index contributed by atoms with van der Waals surface area (Å²) in [6, 6.07) is 0.149. The Morgan fingerprint density at radius 1 is 1.57 bits per heavy atom. The molecule has 0 bridgehead atoms. The lowest BCUT2D eigenvalue weighted by molar-refractivity contribution is -0.144. The number of nitrogens with zero attached hydrogens (tertiary/aromatic N) is 1. The quantitative estimate of drug-likeness (QED) is 0.541. The molecule has 2 atom stereocenters. The van der Waals surface area contributed by atoms with Crippen LogP contribution in [0.4, 0.5) is 0 Å². The number of hydrogen-bond donors (Lipinski definition) is 2. The Kier molecular flexibility index (Phi) is 3.00. The molecule has 2 fully saturated rings. The van der Waals surface area contributed by atoms with Crippen LogP contribution in [0.3, 0.4) is 0 Å². The van der Waals surface area contributed by atoms with E-state index in [2.05, 4.69) is 5.32 Å². The molecular weight excluding hydrogens is 182 g/mol. The van der Waals surface area contributed by atoms with Gasteiger partial charge in [-0.3, -0.25) is 4.79 Å². The fourth-order valence-electron chi connectivity index (χ4n) is 1.92. The molecule has 5 heteroatoms. The lowest BCUT2D eigenvalue weighted by Gasteiger charge is -2.26. The van der Waals surface area contributed by atoms with E-state index >= 15 is 0 Å². The number of nitrogens with two attached hydrogens (primary N) is 1. The number of rotatable bonds is 1. The van der Waals surface area contributed by atoms with Crippen LogP contribution in [0.5, 0.6) is 0 Å². The first-order valence-corrected chi connectivity index (χ1v) is 5.14. The van der Waals surface area contributed by atoms with Crippen LogP contribution in [0.25, 0.3) is 0 Å². The number of ether oxygens (including phenoxy) is 1. The van der Waals surface area contributed by atoms with Gasteiger partial charge in [0.2, 0.25) is 0 Å². The van der Waals surface area contributed by atoms with Crippen LogP contribution in [0, 0.1) is 0 Å². The minimum atomic E-state index is -0.297. The monoisotopic (exact) mass is 199 g/mol. The maximum Gasteiger partial charge on any atom is 0.253 e. The molecule has 0 radical (unpaired) electrons. The topological polar surface area (TPSA) is 67.6 Å². The van der Waals surface area contributed by atoms with Crippen molar-refractivity contribution in [1.29, 1.82) is 0 Å². The first kappa shape index (κ1) is 9.89. The molecule has 0 aromatic heterocycles. The number of amides is 1. The molecule has 2 saturated heterocycles. The summed E-state index contributed by atoms with van der Waals surface area (Å²) in [6.07, 6.45) is 0.611. The first-order valence-electron chi connectivity index (χ1n) is 5.14. The number of morpholine rings is 1. The highest BCUT2D eigenvalue weighted by molar-refractivity contribution is 5.81. The third-order valence-electron chi connectivity index (χ3n) is 2.74. The highest BCUT2D eigenvalue weighted by Crippen LogP contribution is 2.10. The Morgan fingerprint density at radius 2 is 2.43 bits per heavy atom. The molecule has 2 aliphatic heterocycles. The van der Waals surface area contributed by atoms with Gasteiger partial charge in [0.1, 0.15) is 6.10 Å². The van der Waals surface area contributed by atoms with Crippen LogP contribution in [0.2, 0.25) is 0 Å². The van der Waals surface area contributed by atoms with Crippen LogP contribution in [-0.2, 0) is 9.53 Å². The Bertz CT molecular complexity index is 209. The van der Waals surface area contributed by atoms with E-state index in [1.807, 2.05) is 4.90 Å². The van der Waals surface area contributed by atoms with Gasteiger partial charge in [0.05, 0.1) is 6.61 Å². The van der Waals surface area contributed by atoms with E-state index < -0.39 is 0 Å². The summed E-state index contributed by atoms with van der Waals surface area (Å²) in [5.74, 6) is 0.0881. The zero-order chi connectivity index (χ0) is 9.97. The lowest BCUT2D eigenvalue weighted by Crippen LogP contribution is -2.49. The minimum Gasteiger partial charge on any atom is -0.366 e. The highest BCUT2D eigenvalue weighted by Gasteiger charge is 2.30. The van der Waals surface area contributed by atoms with Gasteiger partial charge in [-0.1, -0.05) is 0 Å². The number of carbonyl (C=O) groups excluding carboxylic acids is 1. The number of hydrogen-bond acceptors (Lipinski definition) is 4.